The SMILES string of the molecule is N#CC1=C(c2ccc(Cl)cc2)Nc2ncnn2C1N. The van der Waals surface area contributed by atoms with E-state index < -0.39 is 6.17 Å². The van der Waals surface area contributed by atoms with Gasteiger partial charge in [-0.2, -0.15) is 15.3 Å². The van der Waals surface area contributed by atoms with E-state index in [1.165, 1.54) is 11.0 Å². The second-order valence-corrected chi connectivity index (χ2v) is 4.44. The fourth-order valence-corrected chi connectivity index (χ4v) is 2.08. The van der Waals surface area contributed by atoms with Crippen molar-refractivity contribution >= 4 is 23.2 Å². The Balaban J connectivity index is 2.13. The van der Waals surface area contributed by atoms with Crippen molar-refractivity contribution in [3.05, 3.63) is 46.8 Å². The van der Waals surface area contributed by atoms with Crippen LogP contribution in [0.2, 0.25) is 5.02 Å². The predicted octanol–water partition coefficient (Wildman–Crippen LogP) is 1.75. The highest BCUT2D eigenvalue weighted by Gasteiger charge is 2.26. The fourth-order valence-electron chi connectivity index (χ4n) is 1.96. The molecule has 0 saturated heterocycles. The molecule has 1 aliphatic rings. The number of nitrogens with one attached hydrogen (secondary N) is 1. The number of benzene rings is 1. The molecule has 0 fully saturated rings. The Morgan fingerprint density at radius 2 is 2.11 bits per heavy atom. The number of nitrogens with two attached hydrogens (primary N) is 1. The van der Waals surface area contributed by atoms with Crippen LogP contribution < -0.4 is 11.1 Å². The molecule has 3 rings (SSSR count). The number of anilines is 1. The van der Waals surface area contributed by atoms with Crippen molar-refractivity contribution in [3.63, 3.8) is 0 Å². The standard InChI is InChI=1S/C12H9ClN6/c13-8-3-1-7(2-4-8)10-9(5-14)11(15)19-12(18-10)16-6-17-19/h1-4,6,11H,15H2,(H,16,17,18). The number of hydrogen-bond acceptors (Lipinski definition) is 5. The summed E-state index contributed by atoms with van der Waals surface area (Å²) in [6.07, 6.45) is 0.747. The van der Waals surface area contributed by atoms with Crippen molar-refractivity contribution in [1.82, 2.24) is 14.8 Å². The van der Waals surface area contributed by atoms with Gasteiger partial charge in [-0.25, -0.2) is 4.68 Å². The predicted molar refractivity (Wildman–Crippen MR) is 70.9 cm³/mol. The molecule has 7 heteroatoms. The highest BCUT2D eigenvalue weighted by Crippen LogP contribution is 2.31. The molecule has 0 saturated carbocycles. The van der Waals surface area contributed by atoms with Gasteiger partial charge < -0.3 is 11.1 Å². The molecule has 0 radical (unpaired) electrons. The van der Waals surface area contributed by atoms with Crippen molar-refractivity contribution in [2.45, 2.75) is 6.17 Å². The zero-order valence-corrected chi connectivity index (χ0v) is 10.5. The Labute approximate surface area is 114 Å². The van der Waals surface area contributed by atoms with Crippen LogP contribution >= 0.6 is 11.6 Å². The van der Waals surface area contributed by atoms with Crippen LogP contribution in [0.3, 0.4) is 0 Å². The van der Waals surface area contributed by atoms with E-state index in [-0.39, 0.29) is 0 Å². The van der Waals surface area contributed by atoms with Gasteiger partial charge in [0.1, 0.15) is 18.6 Å². The van der Waals surface area contributed by atoms with E-state index in [2.05, 4.69) is 21.5 Å². The monoisotopic (exact) mass is 272 g/mol. The van der Waals surface area contributed by atoms with Crippen LogP contribution in [0, 0.1) is 11.3 Å². The Morgan fingerprint density at radius 1 is 1.37 bits per heavy atom. The van der Waals surface area contributed by atoms with E-state index in [4.69, 9.17) is 17.3 Å². The van der Waals surface area contributed by atoms with Crippen molar-refractivity contribution < 1.29 is 0 Å². The highest BCUT2D eigenvalue weighted by molar-refractivity contribution is 6.30. The van der Waals surface area contributed by atoms with Gasteiger partial charge in [0.25, 0.3) is 0 Å². The summed E-state index contributed by atoms with van der Waals surface area (Å²) < 4.78 is 1.47. The first-order valence-corrected chi connectivity index (χ1v) is 5.91. The van der Waals surface area contributed by atoms with Gasteiger partial charge in [-0.15, -0.1) is 0 Å². The van der Waals surface area contributed by atoms with E-state index in [9.17, 15) is 5.26 Å². The molecular formula is C12H9ClN6. The summed E-state index contributed by atoms with van der Waals surface area (Å²) in [7, 11) is 0. The van der Waals surface area contributed by atoms with Gasteiger partial charge in [-0.3, -0.25) is 0 Å². The first kappa shape index (κ1) is 11.7. The number of halogens is 1. The first-order chi connectivity index (χ1) is 9.20. The first-order valence-electron chi connectivity index (χ1n) is 5.53. The lowest BCUT2D eigenvalue weighted by Crippen LogP contribution is -2.29. The molecule has 0 bridgehead atoms. The summed E-state index contributed by atoms with van der Waals surface area (Å²) in [6.45, 7) is 0. The van der Waals surface area contributed by atoms with Crippen LogP contribution in [-0.4, -0.2) is 14.8 Å². The summed E-state index contributed by atoms with van der Waals surface area (Å²) in [4.78, 5) is 4.06. The van der Waals surface area contributed by atoms with Gasteiger partial charge in [-0.05, 0) is 17.7 Å². The van der Waals surface area contributed by atoms with Gasteiger partial charge in [-0.1, -0.05) is 23.7 Å². The summed E-state index contributed by atoms with van der Waals surface area (Å²) in [5.41, 5.74) is 7.88. The number of fused-ring (bicyclic) bond motifs is 1. The lowest BCUT2D eigenvalue weighted by molar-refractivity contribution is 0.542. The number of hydrogen-bond donors (Lipinski definition) is 2. The molecule has 1 aromatic heterocycles. The average Bonchev–Trinajstić information content (AvgIpc) is 2.88. The second-order valence-electron chi connectivity index (χ2n) is 4.01. The second kappa shape index (κ2) is 4.39. The molecule has 0 amide bonds. The number of nitrogens with zero attached hydrogens (tertiary/aromatic N) is 4. The zero-order chi connectivity index (χ0) is 13.4. The number of nitriles is 1. The summed E-state index contributed by atoms with van der Waals surface area (Å²) in [5, 5.41) is 17.0. The Bertz CT molecular complexity index is 694. The average molecular weight is 273 g/mol. The molecule has 94 valence electrons. The molecule has 1 atom stereocenters. The van der Waals surface area contributed by atoms with E-state index >= 15 is 0 Å². The Kier molecular flexibility index (Phi) is 2.71. The van der Waals surface area contributed by atoms with Crippen LogP contribution in [0.25, 0.3) is 5.70 Å². The lowest BCUT2D eigenvalue weighted by Gasteiger charge is -2.24. The van der Waals surface area contributed by atoms with Crippen LogP contribution in [-0.2, 0) is 0 Å². The van der Waals surface area contributed by atoms with Crippen molar-refractivity contribution in [2.75, 3.05) is 5.32 Å². The quantitative estimate of drug-likeness (QED) is 0.825. The molecule has 0 spiro atoms. The van der Waals surface area contributed by atoms with Crippen LogP contribution in [0.15, 0.2) is 36.2 Å². The van der Waals surface area contributed by atoms with E-state index in [1.54, 1.807) is 12.1 Å². The normalized spacial score (nSPS) is 17.6. The van der Waals surface area contributed by atoms with Crippen molar-refractivity contribution in [1.29, 1.82) is 5.26 Å². The minimum absolute atomic E-state index is 0.403. The third kappa shape index (κ3) is 1.85. The smallest absolute Gasteiger partial charge is 0.227 e. The van der Waals surface area contributed by atoms with Crippen LogP contribution in [0.1, 0.15) is 11.7 Å². The molecule has 2 aromatic rings. The van der Waals surface area contributed by atoms with E-state index in [0.29, 0.717) is 22.2 Å². The fraction of sp³-hybridized carbons (Fsp3) is 0.0833. The number of rotatable bonds is 1. The molecule has 19 heavy (non-hydrogen) atoms. The maximum absolute atomic E-state index is 9.30. The molecule has 1 aliphatic heterocycles. The van der Waals surface area contributed by atoms with Gasteiger partial charge in [0, 0.05) is 5.02 Å². The molecule has 0 aliphatic carbocycles. The van der Waals surface area contributed by atoms with E-state index in [1.807, 2.05) is 12.1 Å². The van der Waals surface area contributed by atoms with Crippen LogP contribution in [0.4, 0.5) is 5.95 Å². The third-order valence-electron chi connectivity index (χ3n) is 2.89. The minimum Gasteiger partial charge on any atom is -0.323 e. The van der Waals surface area contributed by atoms with Crippen molar-refractivity contribution in [2.24, 2.45) is 5.73 Å². The third-order valence-corrected chi connectivity index (χ3v) is 3.14. The molecule has 1 unspecified atom stereocenters. The molecule has 6 nitrogen and oxygen atoms in total. The Hall–Kier alpha value is -2.36. The maximum Gasteiger partial charge on any atom is 0.227 e. The molecule has 1 aromatic carbocycles. The molecule has 2 heterocycles. The number of aromatic nitrogens is 3. The van der Waals surface area contributed by atoms with Gasteiger partial charge in [0.05, 0.1) is 11.3 Å². The van der Waals surface area contributed by atoms with Crippen LogP contribution in [0.5, 0.6) is 0 Å². The largest absolute Gasteiger partial charge is 0.323 e. The summed E-state index contributed by atoms with van der Waals surface area (Å²) >= 11 is 5.86. The molecule has 3 N–H and O–H groups in total. The lowest BCUT2D eigenvalue weighted by atomic mass is 10.0. The van der Waals surface area contributed by atoms with Gasteiger partial charge in [0.15, 0.2) is 0 Å². The summed E-state index contributed by atoms with van der Waals surface area (Å²) in [5.74, 6) is 0.511. The summed E-state index contributed by atoms with van der Waals surface area (Å²) in [6, 6.07) is 9.27. The molecular weight excluding hydrogens is 264 g/mol. The minimum atomic E-state index is -0.644. The van der Waals surface area contributed by atoms with E-state index in [0.717, 1.165) is 5.56 Å². The maximum atomic E-state index is 9.30. The Morgan fingerprint density at radius 3 is 2.79 bits per heavy atom. The topological polar surface area (TPSA) is 92.5 Å². The zero-order valence-electron chi connectivity index (χ0n) is 9.71. The van der Waals surface area contributed by atoms with Gasteiger partial charge >= 0.3 is 0 Å². The highest BCUT2D eigenvalue weighted by atomic mass is 35.5. The van der Waals surface area contributed by atoms with Crippen molar-refractivity contribution in [3.8, 4) is 6.07 Å². The van der Waals surface area contributed by atoms with Gasteiger partial charge in [0.2, 0.25) is 5.95 Å².